The molecule has 4 aromatic rings. The van der Waals surface area contributed by atoms with Gasteiger partial charge in [0.1, 0.15) is 6.07 Å². The van der Waals surface area contributed by atoms with Crippen molar-refractivity contribution in [3.05, 3.63) is 83.3 Å². The maximum Gasteiger partial charge on any atom is 0.229 e. The summed E-state index contributed by atoms with van der Waals surface area (Å²) in [7, 11) is -3.52. The molecule has 0 aliphatic rings. The molecule has 4 rings (SSSR count). The van der Waals surface area contributed by atoms with Crippen LogP contribution in [0.5, 0.6) is 0 Å². The minimum Gasteiger partial charge on any atom is -0.377 e. The SMILES string of the molecule is C[C@H](Nc1c(C#N)cnc2ccc(-c3cnc(Cl)c(NS(C)(=O)=O)c3)cc12)c1ccccc1. The number of nitrogens with one attached hydrogen (secondary N) is 2. The summed E-state index contributed by atoms with van der Waals surface area (Å²) >= 11 is 6.07. The van der Waals surface area contributed by atoms with Crippen LogP contribution in [0.25, 0.3) is 22.0 Å². The van der Waals surface area contributed by atoms with Crippen molar-refractivity contribution in [1.82, 2.24) is 9.97 Å². The fraction of sp³-hybridized carbons (Fsp3) is 0.125. The van der Waals surface area contributed by atoms with Crippen molar-refractivity contribution in [3.63, 3.8) is 0 Å². The van der Waals surface area contributed by atoms with E-state index in [2.05, 4.69) is 26.1 Å². The molecule has 0 saturated heterocycles. The molecule has 7 nitrogen and oxygen atoms in total. The highest BCUT2D eigenvalue weighted by molar-refractivity contribution is 7.92. The summed E-state index contributed by atoms with van der Waals surface area (Å²) in [6, 6.07) is 19.3. The van der Waals surface area contributed by atoms with Crippen LogP contribution in [0.2, 0.25) is 5.15 Å². The molecular formula is C24H20ClN5O2S. The molecule has 1 atom stereocenters. The predicted octanol–water partition coefficient (Wildman–Crippen LogP) is 5.37. The van der Waals surface area contributed by atoms with Gasteiger partial charge in [-0.15, -0.1) is 0 Å². The van der Waals surface area contributed by atoms with Crippen LogP contribution in [0, 0.1) is 11.3 Å². The Kier molecular flexibility index (Phi) is 6.18. The van der Waals surface area contributed by atoms with Gasteiger partial charge in [0.25, 0.3) is 0 Å². The van der Waals surface area contributed by atoms with Gasteiger partial charge in [-0.2, -0.15) is 5.26 Å². The summed E-state index contributed by atoms with van der Waals surface area (Å²) < 4.78 is 25.7. The average Bonchev–Trinajstić information content (AvgIpc) is 2.80. The topological polar surface area (TPSA) is 108 Å². The molecule has 0 bridgehead atoms. The molecule has 2 aromatic heterocycles. The standard InChI is InChI=1S/C24H20ClN5O2S/c1-15(16-6-4-3-5-7-16)29-23-19(12-26)14-27-21-9-8-17(10-20(21)23)18-11-22(24(25)28-13-18)30-33(2,31)32/h3-11,13-15,30H,1-2H3,(H,27,29)/t15-/m0/s1. The Labute approximate surface area is 197 Å². The van der Waals surface area contributed by atoms with Gasteiger partial charge in [-0.3, -0.25) is 9.71 Å². The number of fused-ring (bicyclic) bond motifs is 1. The molecule has 0 fully saturated rings. The molecule has 0 spiro atoms. The highest BCUT2D eigenvalue weighted by Gasteiger charge is 2.15. The van der Waals surface area contributed by atoms with Crippen LogP contribution in [0.4, 0.5) is 11.4 Å². The van der Waals surface area contributed by atoms with Crippen LogP contribution in [0.15, 0.2) is 67.0 Å². The van der Waals surface area contributed by atoms with Crippen LogP contribution in [-0.4, -0.2) is 24.6 Å². The van der Waals surface area contributed by atoms with Crippen molar-refractivity contribution >= 4 is 43.9 Å². The number of rotatable bonds is 6. The Balaban J connectivity index is 1.81. The zero-order chi connectivity index (χ0) is 23.6. The van der Waals surface area contributed by atoms with E-state index < -0.39 is 10.0 Å². The molecule has 9 heteroatoms. The van der Waals surface area contributed by atoms with Crippen LogP contribution in [0.3, 0.4) is 0 Å². The fourth-order valence-electron chi connectivity index (χ4n) is 3.53. The lowest BCUT2D eigenvalue weighted by atomic mass is 10.0. The van der Waals surface area contributed by atoms with Gasteiger partial charge in [0.2, 0.25) is 10.0 Å². The van der Waals surface area contributed by atoms with E-state index >= 15 is 0 Å². The van der Waals surface area contributed by atoms with Gasteiger partial charge < -0.3 is 5.32 Å². The molecule has 2 heterocycles. The Morgan fingerprint density at radius 2 is 1.79 bits per heavy atom. The number of hydrogen-bond donors (Lipinski definition) is 2. The number of anilines is 2. The van der Waals surface area contributed by atoms with E-state index in [1.165, 1.54) is 0 Å². The molecule has 0 saturated carbocycles. The highest BCUT2D eigenvalue weighted by Crippen LogP contribution is 2.34. The third-order valence-electron chi connectivity index (χ3n) is 5.12. The Bertz CT molecular complexity index is 1480. The predicted molar refractivity (Wildman–Crippen MR) is 132 cm³/mol. The van der Waals surface area contributed by atoms with E-state index in [0.717, 1.165) is 28.3 Å². The number of pyridine rings is 2. The number of halogens is 1. The molecule has 0 unspecified atom stereocenters. The molecule has 2 aromatic carbocycles. The third-order valence-corrected chi connectivity index (χ3v) is 6.01. The Morgan fingerprint density at radius 1 is 1.03 bits per heavy atom. The lowest BCUT2D eigenvalue weighted by molar-refractivity contribution is 0.607. The zero-order valence-corrected chi connectivity index (χ0v) is 19.4. The molecule has 0 amide bonds. The lowest BCUT2D eigenvalue weighted by Crippen LogP contribution is -2.10. The van der Waals surface area contributed by atoms with Crippen LogP contribution >= 0.6 is 11.6 Å². The normalized spacial score (nSPS) is 12.2. The van der Waals surface area contributed by atoms with Crippen molar-refractivity contribution in [2.75, 3.05) is 16.3 Å². The molecule has 0 aliphatic heterocycles. The maximum atomic E-state index is 11.7. The van der Waals surface area contributed by atoms with E-state index in [1.807, 2.05) is 55.5 Å². The fourth-order valence-corrected chi connectivity index (χ4v) is 4.29. The van der Waals surface area contributed by atoms with Gasteiger partial charge in [0, 0.05) is 29.4 Å². The van der Waals surface area contributed by atoms with Crippen LogP contribution in [0.1, 0.15) is 24.1 Å². The van der Waals surface area contributed by atoms with Gasteiger partial charge in [-0.25, -0.2) is 13.4 Å². The van der Waals surface area contributed by atoms with E-state index in [1.54, 1.807) is 18.5 Å². The summed E-state index contributed by atoms with van der Waals surface area (Å²) in [5.74, 6) is 0. The first-order valence-electron chi connectivity index (χ1n) is 10.0. The van der Waals surface area contributed by atoms with Gasteiger partial charge in [0.15, 0.2) is 5.15 Å². The van der Waals surface area contributed by atoms with Gasteiger partial charge >= 0.3 is 0 Å². The molecule has 2 N–H and O–H groups in total. The maximum absolute atomic E-state index is 11.7. The monoisotopic (exact) mass is 477 g/mol. The van der Waals surface area contributed by atoms with Gasteiger partial charge in [-0.1, -0.05) is 48.0 Å². The number of sulfonamides is 1. The minimum atomic E-state index is -3.52. The summed E-state index contributed by atoms with van der Waals surface area (Å²) in [6.45, 7) is 2.03. The highest BCUT2D eigenvalue weighted by atomic mass is 35.5. The number of hydrogen-bond acceptors (Lipinski definition) is 6. The largest absolute Gasteiger partial charge is 0.377 e. The molecule has 166 valence electrons. The Morgan fingerprint density at radius 3 is 2.48 bits per heavy atom. The molecule has 0 aliphatic carbocycles. The smallest absolute Gasteiger partial charge is 0.229 e. The van der Waals surface area contributed by atoms with Gasteiger partial charge in [-0.05, 0) is 36.2 Å². The number of nitriles is 1. The Hall–Kier alpha value is -3.67. The first-order chi connectivity index (χ1) is 15.7. The summed E-state index contributed by atoms with van der Waals surface area (Å²) in [4.78, 5) is 8.54. The van der Waals surface area contributed by atoms with Crippen LogP contribution in [-0.2, 0) is 10.0 Å². The number of nitrogens with zero attached hydrogens (tertiary/aromatic N) is 3. The molecular weight excluding hydrogens is 458 g/mol. The van der Waals surface area contributed by atoms with E-state index in [-0.39, 0.29) is 16.9 Å². The van der Waals surface area contributed by atoms with E-state index in [4.69, 9.17) is 11.6 Å². The summed E-state index contributed by atoms with van der Waals surface area (Å²) in [5, 5.41) is 14.0. The molecule has 33 heavy (non-hydrogen) atoms. The second kappa shape index (κ2) is 9.06. The van der Waals surface area contributed by atoms with Gasteiger partial charge in [0.05, 0.1) is 28.7 Å². The van der Waals surface area contributed by atoms with E-state index in [9.17, 15) is 13.7 Å². The van der Waals surface area contributed by atoms with Crippen molar-refractivity contribution in [1.29, 1.82) is 5.26 Å². The van der Waals surface area contributed by atoms with Crippen molar-refractivity contribution in [2.45, 2.75) is 13.0 Å². The lowest BCUT2D eigenvalue weighted by Gasteiger charge is -2.19. The second-order valence-electron chi connectivity index (χ2n) is 7.60. The zero-order valence-electron chi connectivity index (χ0n) is 17.9. The first-order valence-corrected chi connectivity index (χ1v) is 12.3. The van der Waals surface area contributed by atoms with Crippen molar-refractivity contribution < 1.29 is 8.42 Å². The average molecular weight is 478 g/mol. The summed E-state index contributed by atoms with van der Waals surface area (Å²) in [6.07, 6.45) is 4.17. The number of aromatic nitrogens is 2. The van der Waals surface area contributed by atoms with Crippen molar-refractivity contribution in [2.24, 2.45) is 0 Å². The third kappa shape index (κ3) is 5.06. The quantitative estimate of drug-likeness (QED) is 0.361. The minimum absolute atomic E-state index is 0.0460. The van der Waals surface area contributed by atoms with Crippen LogP contribution < -0.4 is 10.0 Å². The second-order valence-corrected chi connectivity index (χ2v) is 9.71. The summed E-state index contributed by atoms with van der Waals surface area (Å²) in [5.41, 5.74) is 4.54. The van der Waals surface area contributed by atoms with E-state index in [0.29, 0.717) is 16.8 Å². The first kappa shape index (κ1) is 22.5. The molecule has 0 radical (unpaired) electrons. The van der Waals surface area contributed by atoms with Crippen molar-refractivity contribution in [3.8, 4) is 17.2 Å². The number of benzene rings is 2.